The number of carbonyl (C=O) groups is 2. The van der Waals surface area contributed by atoms with Crippen LogP contribution in [0, 0.1) is 5.92 Å². The number of hydrogen-bond acceptors (Lipinski definition) is 3. The molecule has 1 aliphatic heterocycles. The Morgan fingerprint density at radius 1 is 1.38 bits per heavy atom. The maximum atomic E-state index is 12.1. The number of primary amides is 1. The molecule has 3 rings (SSSR count). The molecule has 2 heterocycles. The Morgan fingerprint density at radius 2 is 2.19 bits per heavy atom. The van der Waals surface area contributed by atoms with Crippen LogP contribution in [0.2, 0.25) is 5.15 Å². The number of hydrogen-bond donors (Lipinski definition) is 1. The van der Waals surface area contributed by atoms with E-state index in [4.69, 9.17) is 17.3 Å². The van der Waals surface area contributed by atoms with Gasteiger partial charge in [-0.05, 0) is 30.2 Å². The van der Waals surface area contributed by atoms with E-state index in [-0.39, 0.29) is 5.91 Å². The van der Waals surface area contributed by atoms with Crippen LogP contribution in [-0.4, -0.2) is 28.2 Å². The van der Waals surface area contributed by atoms with Crippen LogP contribution in [0.3, 0.4) is 0 Å². The fourth-order valence-corrected chi connectivity index (χ4v) is 2.85. The first kappa shape index (κ1) is 13.8. The summed E-state index contributed by atoms with van der Waals surface area (Å²) < 4.78 is 0. The monoisotopic (exact) mass is 303 g/mol. The molecule has 1 atom stereocenters. The Balaban J connectivity index is 1.89. The van der Waals surface area contributed by atoms with Crippen molar-refractivity contribution in [3.63, 3.8) is 0 Å². The number of likely N-dealkylation sites (tertiary alicyclic amines) is 1. The summed E-state index contributed by atoms with van der Waals surface area (Å²) in [4.78, 5) is 29.3. The molecule has 5 nitrogen and oxygen atoms in total. The summed E-state index contributed by atoms with van der Waals surface area (Å²) in [6.45, 7) is 0.993. The largest absolute Gasteiger partial charge is 0.369 e. The lowest BCUT2D eigenvalue weighted by Gasteiger charge is -2.17. The molecule has 0 spiro atoms. The first-order chi connectivity index (χ1) is 10.1. The van der Waals surface area contributed by atoms with E-state index in [0.717, 1.165) is 16.5 Å². The van der Waals surface area contributed by atoms with Crippen molar-refractivity contribution in [3.8, 4) is 0 Å². The van der Waals surface area contributed by atoms with Crippen molar-refractivity contribution < 1.29 is 9.59 Å². The van der Waals surface area contributed by atoms with Crippen LogP contribution < -0.4 is 5.73 Å². The van der Waals surface area contributed by atoms with E-state index in [1.54, 1.807) is 11.0 Å². The summed E-state index contributed by atoms with van der Waals surface area (Å²) in [6, 6.07) is 9.33. The predicted molar refractivity (Wildman–Crippen MR) is 79.5 cm³/mol. The van der Waals surface area contributed by atoms with Crippen molar-refractivity contribution in [2.45, 2.75) is 13.0 Å². The van der Waals surface area contributed by atoms with Gasteiger partial charge in [0.15, 0.2) is 0 Å². The van der Waals surface area contributed by atoms with Gasteiger partial charge in [-0.1, -0.05) is 23.7 Å². The minimum atomic E-state index is -0.687. The standard InChI is InChI=1S/C15H14ClN3O2/c16-13-5-4-10-9(2-1-3-12(10)18-13)8-19-7-6-11(14(17)20)15(19)21/h1-5,11H,6-8H2,(H2,17,20)/t11-/m0/s1. The molecule has 0 aliphatic carbocycles. The third-order valence-electron chi connectivity index (χ3n) is 3.79. The Labute approximate surface area is 126 Å². The fraction of sp³-hybridized carbons (Fsp3) is 0.267. The van der Waals surface area contributed by atoms with Crippen molar-refractivity contribution >= 4 is 34.3 Å². The van der Waals surface area contributed by atoms with Gasteiger partial charge in [0.05, 0.1) is 5.52 Å². The van der Waals surface area contributed by atoms with Gasteiger partial charge in [0, 0.05) is 18.5 Å². The van der Waals surface area contributed by atoms with E-state index in [1.807, 2.05) is 24.3 Å². The van der Waals surface area contributed by atoms with Gasteiger partial charge in [-0.25, -0.2) is 4.98 Å². The Morgan fingerprint density at radius 3 is 2.90 bits per heavy atom. The van der Waals surface area contributed by atoms with Gasteiger partial charge in [0.2, 0.25) is 11.8 Å². The number of benzene rings is 1. The molecule has 2 N–H and O–H groups in total. The fourth-order valence-electron chi connectivity index (χ4n) is 2.70. The molecule has 0 radical (unpaired) electrons. The maximum Gasteiger partial charge on any atom is 0.235 e. The van der Waals surface area contributed by atoms with Crippen molar-refractivity contribution in [2.75, 3.05) is 6.54 Å². The van der Waals surface area contributed by atoms with Crippen molar-refractivity contribution in [3.05, 3.63) is 41.0 Å². The molecule has 1 aromatic heterocycles. The number of rotatable bonds is 3. The van der Waals surface area contributed by atoms with E-state index in [2.05, 4.69) is 4.98 Å². The van der Waals surface area contributed by atoms with Crippen LogP contribution in [0.15, 0.2) is 30.3 Å². The Bertz CT molecular complexity index is 732. The summed E-state index contributed by atoms with van der Waals surface area (Å²) in [5, 5.41) is 1.39. The molecule has 2 amide bonds. The number of aromatic nitrogens is 1. The third kappa shape index (κ3) is 2.56. The zero-order valence-corrected chi connectivity index (χ0v) is 12.0. The molecule has 2 aromatic rings. The molecule has 0 unspecified atom stereocenters. The highest BCUT2D eigenvalue weighted by Crippen LogP contribution is 2.24. The highest BCUT2D eigenvalue weighted by atomic mass is 35.5. The second-order valence-electron chi connectivity index (χ2n) is 5.12. The SMILES string of the molecule is NC(=O)[C@@H]1CCN(Cc2cccc3nc(Cl)ccc23)C1=O. The first-order valence-electron chi connectivity index (χ1n) is 6.68. The summed E-state index contributed by atoms with van der Waals surface area (Å²) in [7, 11) is 0. The smallest absolute Gasteiger partial charge is 0.235 e. The Kier molecular flexibility index (Phi) is 3.51. The zero-order chi connectivity index (χ0) is 15.0. The number of pyridine rings is 1. The van der Waals surface area contributed by atoms with E-state index < -0.39 is 11.8 Å². The third-order valence-corrected chi connectivity index (χ3v) is 4.00. The molecule has 0 bridgehead atoms. The van der Waals surface area contributed by atoms with E-state index in [1.165, 1.54) is 0 Å². The van der Waals surface area contributed by atoms with Gasteiger partial charge < -0.3 is 10.6 Å². The average Bonchev–Trinajstić information content (AvgIpc) is 2.80. The minimum Gasteiger partial charge on any atom is -0.369 e. The topological polar surface area (TPSA) is 76.3 Å². The second-order valence-corrected chi connectivity index (χ2v) is 5.51. The Hall–Kier alpha value is -2.14. The molecular formula is C15H14ClN3O2. The van der Waals surface area contributed by atoms with Gasteiger partial charge in [-0.15, -0.1) is 0 Å². The number of fused-ring (bicyclic) bond motifs is 1. The summed E-state index contributed by atoms with van der Waals surface area (Å²) in [6.07, 6.45) is 0.489. The summed E-state index contributed by atoms with van der Waals surface area (Å²) in [5.41, 5.74) is 7.01. The summed E-state index contributed by atoms with van der Waals surface area (Å²) in [5.74, 6) is -1.43. The lowest BCUT2D eigenvalue weighted by molar-refractivity contribution is -0.136. The highest BCUT2D eigenvalue weighted by molar-refractivity contribution is 6.29. The molecule has 0 saturated carbocycles. The molecule has 1 fully saturated rings. The van der Waals surface area contributed by atoms with Crippen molar-refractivity contribution in [1.82, 2.24) is 9.88 Å². The lowest BCUT2D eigenvalue weighted by atomic mass is 10.1. The van der Waals surface area contributed by atoms with Crippen LogP contribution in [0.5, 0.6) is 0 Å². The lowest BCUT2D eigenvalue weighted by Crippen LogP contribution is -2.33. The number of nitrogens with zero attached hydrogens (tertiary/aromatic N) is 2. The van der Waals surface area contributed by atoms with Crippen molar-refractivity contribution in [2.24, 2.45) is 11.7 Å². The number of amides is 2. The second kappa shape index (κ2) is 5.33. The zero-order valence-electron chi connectivity index (χ0n) is 11.3. The predicted octanol–water partition coefficient (Wildman–Crippen LogP) is 1.72. The van der Waals surface area contributed by atoms with Crippen LogP contribution in [0.1, 0.15) is 12.0 Å². The summed E-state index contributed by atoms with van der Waals surface area (Å²) >= 11 is 5.89. The number of carbonyl (C=O) groups excluding carboxylic acids is 2. The quantitative estimate of drug-likeness (QED) is 0.693. The number of halogens is 1. The minimum absolute atomic E-state index is 0.193. The van der Waals surface area contributed by atoms with Crippen LogP contribution >= 0.6 is 11.6 Å². The van der Waals surface area contributed by atoms with Gasteiger partial charge in [-0.3, -0.25) is 9.59 Å². The first-order valence-corrected chi connectivity index (χ1v) is 7.06. The van der Waals surface area contributed by atoms with Gasteiger partial charge >= 0.3 is 0 Å². The molecule has 21 heavy (non-hydrogen) atoms. The molecule has 1 aromatic carbocycles. The van der Waals surface area contributed by atoms with Crippen molar-refractivity contribution in [1.29, 1.82) is 0 Å². The molecule has 1 aliphatic rings. The highest BCUT2D eigenvalue weighted by Gasteiger charge is 2.35. The normalized spacial score (nSPS) is 18.4. The van der Waals surface area contributed by atoms with Gasteiger partial charge in [-0.2, -0.15) is 0 Å². The van der Waals surface area contributed by atoms with Crippen LogP contribution in [0.4, 0.5) is 0 Å². The van der Waals surface area contributed by atoms with E-state index >= 15 is 0 Å². The van der Waals surface area contributed by atoms with E-state index in [0.29, 0.717) is 24.7 Å². The average molecular weight is 304 g/mol. The van der Waals surface area contributed by atoms with E-state index in [9.17, 15) is 9.59 Å². The molecule has 6 heteroatoms. The molecule has 108 valence electrons. The molecule has 1 saturated heterocycles. The van der Waals surface area contributed by atoms with Gasteiger partial charge in [0.1, 0.15) is 11.1 Å². The number of nitrogens with two attached hydrogens (primary N) is 1. The van der Waals surface area contributed by atoms with Crippen LogP contribution in [0.25, 0.3) is 10.9 Å². The maximum absolute atomic E-state index is 12.1. The molecular weight excluding hydrogens is 290 g/mol. The van der Waals surface area contributed by atoms with Gasteiger partial charge in [0.25, 0.3) is 0 Å². The van der Waals surface area contributed by atoms with Crippen LogP contribution in [-0.2, 0) is 16.1 Å².